The number of rotatable bonds is 4. The lowest BCUT2D eigenvalue weighted by atomic mass is 10.2. The quantitative estimate of drug-likeness (QED) is 0.731. The largest absolute Gasteiger partial charge is 0.362 e. The van der Waals surface area contributed by atoms with E-state index in [0.29, 0.717) is 17.6 Å². The standard InChI is InChI=1S/C9H17N5S/c1-7(2)4-10-9(15)11-5-8-13-12-6-14(8)3/h6-7H,4-5H2,1-3H3,(H2,10,11,15). The molecule has 0 aliphatic heterocycles. The molecule has 0 aliphatic rings. The van der Waals surface area contributed by atoms with Gasteiger partial charge in [0.15, 0.2) is 10.9 Å². The summed E-state index contributed by atoms with van der Waals surface area (Å²) in [5.74, 6) is 1.45. The van der Waals surface area contributed by atoms with Crippen LogP contribution in [0.5, 0.6) is 0 Å². The van der Waals surface area contributed by atoms with Crippen LogP contribution in [0.25, 0.3) is 0 Å². The minimum absolute atomic E-state index is 0.583. The molecule has 0 saturated carbocycles. The first-order valence-corrected chi connectivity index (χ1v) is 5.35. The van der Waals surface area contributed by atoms with E-state index in [9.17, 15) is 0 Å². The number of hydrogen-bond donors (Lipinski definition) is 2. The fourth-order valence-electron chi connectivity index (χ4n) is 0.986. The Kier molecular flexibility index (Phi) is 4.48. The van der Waals surface area contributed by atoms with E-state index in [1.54, 1.807) is 6.33 Å². The molecule has 1 heterocycles. The molecular formula is C9H17N5S. The van der Waals surface area contributed by atoms with Gasteiger partial charge in [0.25, 0.3) is 0 Å². The molecule has 0 amide bonds. The number of aromatic nitrogens is 3. The second-order valence-electron chi connectivity index (χ2n) is 3.82. The molecule has 0 radical (unpaired) electrons. The number of aryl methyl sites for hydroxylation is 1. The van der Waals surface area contributed by atoms with Crippen molar-refractivity contribution in [2.75, 3.05) is 6.54 Å². The summed E-state index contributed by atoms with van der Waals surface area (Å²) in [6.45, 7) is 5.75. The molecular weight excluding hydrogens is 210 g/mol. The molecule has 0 fully saturated rings. The summed E-state index contributed by atoms with van der Waals surface area (Å²) >= 11 is 5.11. The van der Waals surface area contributed by atoms with Crippen molar-refractivity contribution in [3.05, 3.63) is 12.2 Å². The first kappa shape index (κ1) is 11.9. The lowest BCUT2D eigenvalue weighted by molar-refractivity contribution is 0.617. The number of nitrogens with zero attached hydrogens (tertiary/aromatic N) is 3. The van der Waals surface area contributed by atoms with Crippen LogP contribution in [0.2, 0.25) is 0 Å². The molecule has 0 aliphatic carbocycles. The van der Waals surface area contributed by atoms with Crippen molar-refractivity contribution in [1.82, 2.24) is 25.4 Å². The predicted molar refractivity (Wildman–Crippen MR) is 63.3 cm³/mol. The Labute approximate surface area is 95.3 Å². The topological polar surface area (TPSA) is 54.8 Å². The lowest BCUT2D eigenvalue weighted by Gasteiger charge is -2.11. The normalized spacial score (nSPS) is 10.4. The van der Waals surface area contributed by atoms with Gasteiger partial charge in [-0.05, 0) is 18.1 Å². The summed E-state index contributed by atoms with van der Waals surface area (Å²) in [5.41, 5.74) is 0. The molecule has 0 unspecified atom stereocenters. The van der Waals surface area contributed by atoms with Crippen LogP contribution in [0.15, 0.2) is 6.33 Å². The van der Waals surface area contributed by atoms with E-state index >= 15 is 0 Å². The van der Waals surface area contributed by atoms with Crippen LogP contribution in [0.3, 0.4) is 0 Å². The highest BCUT2D eigenvalue weighted by Crippen LogP contribution is 1.90. The monoisotopic (exact) mass is 227 g/mol. The Morgan fingerprint density at radius 3 is 2.80 bits per heavy atom. The van der Waals surface area contributed by atoms with Gasteiger partial charge >= 0.3 is 0 Å². The zero-order chi connectivity index (χ0) is 11.3. The average Bonchev–Trinajstić information content (AvgIpc) is 2.58. The van der Waals surface area contributed by atoms with Gasteiger partial charge in [-0.1, -0.05) is 13.8 Å². The van der Waals surface area contributed by atoms with Gasteiger partial charge in [-0.2, -0.15) is 0 Å². The van der Waals surface area contributed by atoms with Crippen LogP contribution < -0.4 is 10.6 Å². The minimum atomic E-state index is 0.583. The Bertz CT molecular complexity index is 320. The maximum atomic E-state index is 5.11. The van der Waals surface area contributed by atoms with E-state index in [-0.39, 0.29) is 0 Å². The van der Waals surface area contributed by atoms with Crippen molar-refractivity contribution in [2.24, 2.45) is 13.0 Å². The zero-order valence-corrected chi connectivity index (χ0v) is 10.1. The predicted octanol–water partition coefficient (Wildman–Crippen LogP) is 0.435. The van der Waals surface area contributed by atoms with Crippen LogP contribution in [0.4, 0.5) is 0 Å². The molecule has 1 aromatic rings. The van der Waals surface area contributed by atoms with Gasteiger partial charge in [0, 0.05) is 13.6 Å². The van der Waals surface area contributed by atoms with Crippen molar-refractivity contribution in [2.45, 2.75) is 20.4 Å². The third-order valence-corrected chi connectivity index (χ3v) is 2.17. The zero-order valence-electron chi connectivity index (χ0n) is 9.32. The number of nitrogens with one attached hydrogen (secondary N) is 2. The fraction of sp³-hybridized carbons (Fsp3) is 0.667. The molecule has 0 spiro atoms. The third kappa shape index (κ3) is 4.24. The van der Waals surface area contributed by atoms with Crippen LogP contribution in [0.1, 0.15) is 19.7 Å². The van der Waals surface area contributed by atoms with E-state index < -0.39 is 0 Å². The number of thiocarbonyl (C=S) groups is 1. The molecule has 1 rings (SSSR count). The van der Waals surface area contributed by atoms with Gasteiger partial charge in [-0.3, -0.25) is 0 Å². The first-order valence-electron chi connectivity index (χ1n) is 4.94. The van der Waals surface area contributed by atoms with Crippen LogP contribution in [-0.2, 0) is 13.6 Å². The van der Waals surface area contributed by atoms with Crippen LogP contribution in [-0.4, -0.2) is 26.4 Å². The second-order valence-corrected chi connectivity index (χ2v) is 4.22. The van der Waals surface area contributed by atoms with Crippen molar-refractivity contribution in [3.8, 4) is 0 Å². The first-order chi connectivity index (χ1) is 7.09. The molecule has 1 aromatic heterocycles. The van der Waals surface area contributed by atoms with Crippen molar-refractivity contribution in [1.29, 1.82) is 0 Å². The minimum Gasteiger partial charge on any atom is -0.362 e. The Balaban J connectivity index is 2.26. The van der Waals surface area contributed by atoms with E-state index in [1.165, 1.54) is 0 Å². The lowest BCUT2D eigenvalue weighted by Crippen LogP contribution is -2.37. The number of hydrogen-bond acceptors (Lipinski definition) is 3. The summed E-state index contributed by atoms with van der Waals surface area (Å²) in [6.07, 6.45) is 1.67. The van der Waals surface area contributed by atoms with Gasteiger partial charge in [0.2, 0.25) is 0 Å². The summed E-state index contributed by atoms with van der Waals surface area (Å²) < 4.78 is 1.86. The van der Waals surface area contributed by atoms with Gasteiger partial charge in [0.1, 0.15) is 6.33 Å². The average molecular weight is 227 g/mol. The molecule has 5 nitrogen and oxygen atoms in total. The molecule has 0 atom stereocenters. The van der Waals surface area contributed by atoms with Crippen molar-refractivity contribution < 1.29 is 0 Å². The molecule has 2 N–H and O–H groups in total. The molecule has 0 saturated heterocycles. The van der Waals surface area contributed by atoms with Crippen LogP contribution >= 0.6 is 12.2 Å². The Morgan fingerprint density at radius 2 is 2.27 bits per heavy atom. The highest BCUT2D eigenvalue weighted by molar-refractivity contribution is 7.80. The highest BCUT2D eigenvalue weighted by Gasteiger charge is 2.01. The van der Waals surface area contributed by atoms with Gasteiger partial charge in [0.05, 0.1) is 6.54 Å². The summed E-state index contributed by atoms with van der Waals surface area (Å²) in [7, 11) is 1.90. The highest BCUT2D eigenvalue weighted by atomic mass is 32.1. The van der Waals surface area contributed by atoms with Crippen LogP contribution in [0, 0.1) is 5.92 Å². The summed E-state index contributed by atoms with van der Waals surface area (Å²) in [6, 6.07) is 0. The van der Waals surface area contributed by atoms with Gasteiger partial charge in [-0.15, -0.1) is 10.2 Å². The van der Waals surface area contributed by atoms with Gasteiger partial charge < -0.3 is 15.2 Å². The molecule has 0 bridgehead atoms. The summed E-state index contributed by atoms with van der Waals surface area (Å²) in [4.78, 5) is 0. The van der Waals surface area contributed by atoms with E-state index in [0.717, 1.165) is 12.4 Å². The summed E-state index contributed by atoms with van der Waals surface area (Å²) in [5, 5.41) is 14.6. The van der Waals surface area contributed by atoms with E-state index in [1.807, 2.05) is 11.6 Å². The molecule has 84 valence electrons. The molecule has 15 heavy (non-hydrogen) atoms. The Hall–Kier alpha value is -1.17. The molecule has 6 heteroatoms. The van der Waals surface area contributed by atoms with E-state index in [2.05, 4.69) is 34.7 Å². The second kappa shape index (κ2) is 5.65. The fourth-order valence-corrected chi connectivity index (χ4v) is 1.14. The maximum Gasteiger partial charge on any atom is 0.166 e. The maximum absolute atomic E-state index is 5.11. The Morgan fingerprint density at radius 1 is 1.53 bits per heavy atom. The SMILES string of the molecule is CC(C)CNC(=S)NCc1nncn1C. The molecule has 0 aromatic carbocycles. The smallest absolute Gasteiger partial charge is 0.166 e. The van der Waals surface area contributed by atoms with Gasteiger partial charge in [-0.25, -0.2) is 0 Å². The third-order valence-electron chi connectivity index (χ3n) is 1.88. The van der Waals surface area contributed by atoms with Crippen molar-refractivity contribution >= 4 is 17.3 Å². The van der Waals surface area contributed by atoms with E-state index in [4.69, 9.17) is 12.2 Å². The van der Waals surface area contributed by atoms with Crippen molar-refractivity contribution in [3.63, 3.8) is 0 Å².